The van der Waals surface area contributed by atoms with Crippen LogP contribution in [0.25, 0.3) is 0 Å². The second-order valence-corrected chi connectivity index (χ2v) is 6.12. The molecule has 0 aliphatic rings. The van der Waals surface area contributed by atoms with Crippen molar-refractivity contribution in [1.82, 2.24) is 0 Å². The Bertz CT molecular complexity index is 1080. The second-order valence-electron chi connectivity index (χ2n) is 6.12. The van der Waals surface area contributed by atoms with Crippen molar-refractivity contribution in [1.29, 1.82) is 0 Å². The molecule has 2 aromatic rings. The highest BCUT2D eigenvalue weighted by molar-refractivity contribution is 6.06. The van der Waals surface area contributed by atoms with E-state index in [-0.39, 0.29) is 0 Å². The number of carboxylic acids is 6. The van der Waals surface area contributed by atoms with Crippen LogP contribution in [0.1, 0.15) is 73.3 Å². The van der Waals surface area contributed by atoms with E-state index >= 15 is 0 Å². The van der Waals surface area contributed by atoms with Crippen LogP contribution in [-0.2, 0) is 6.42 Å². The predicted octanol–water partition coefficient (Wildman–Crippen LogP) is 1.47. The van der Waals surface area contributed by atoms with Gasteiger partial charge < -0.3 is 30.6 Å². The van der Waals surface area contributed by atoms with Gasteiger partial charge in [-0.3, -0.25) is 0 Å². The molecule has 0 atom stereocenters. The van der Waals surface area contributed by atoms with Crippen molar-refractivity contribution in [3.05, 3.63) is 68.8 Å². The van der Waals surface area contributed by atoms with Crippen LogP contribution in [0.3, 0.4) is 0 Å². The summed E-state index contributed by atoms with van der Waals surface area (Å²) in [6, 6.07) is 2.79. The van der Waals surface area contributed by atoms with Gasteiger partial charge in [-0.1, -0.05) is 0 Å². The third-order valence-electron chi connectivity index (χ3n) is 4.20. The van der Waals surface area contributed by atoms with Crippen LogP contribution in [0, 0.1) is 0 Å². The first-order chi connectivity index (χ1) is 14.3. The summed E-state index contributed by atoms with van der Waals surface area (Å²) >= 11 is 0. The van der Waals surface area contributed by atoms with E-state index in [1.807, 2.05) is 0 Å². The fourth-order valence-electron chi connectivity index (χ4n) is 2.98. The maximum absolute atomic E-state index is 11.7. The minimum Gasteiger partial charge on any atom is -0.478 e. The van der Waals surface area contributed by atoms with Crippen molar-refractivity contribution in [2.75, 3.05) is 0 Å². The normalized spacial score (nSPS) is 10.3. The third kappa shape index (κ3) is 4.48. The molecule has 0 amide bonds. The number of benzene rings is 2. The zero-order chi connectivity index (χ0) is 23.6. The molecule has 0 aromatic heterocycles. The molecule has 0 saturated carbocycles. The molecule has 6 N–H and O–H groups in total. The van der Waals surface area contributed by atoms with E-state index in [2.05, 4.69) is 0 Å². The lowest BCUT2D eigenvalue weighted by Crippen LogP contribution is -2.17. The summed E-state index contributed by atoms with van der Waals surface area (Å²) in [5.41, 5.74) is -5.68. The van der Waals surface area contributed by atoms with Gasteiger partial charge >= 0.3 is 35.8 Å². The zero-order valence-electron chi connectivity index (χ0n) is 15.1. The second kappa shape index (κ2) is 8.32. The molecule has 0 aliphatic carbocycles. The summed E-state index contributed by atoms with van der Waals surface area (Å²) in [7, 11) is 0. The van der Waals surface area contributed by atoms with Crippen molar-refractivity contribution in [2.24, 2.45) is 0 Å². The van der Waals surface area contributed by atoms with Gasteiger partial charge in [0, 0.05) is 0 Å². The first-order valence-corrected chi connectivity index (χ1v) is 8.08. The molecule has 0 spiro atoms. The monoisotopic (exact) mass is 432 g/mol. The zero-order valence-corrected chi connectivity index (χ0v) is 15.1. The summed E-state index contributed by atoms with van der Waals surface area (Å²) in [5, 5.41) is 55.9. The van der Waals surface area contributed by atoms with Crippen LogP contribution in [0.4, 0.5) is 0 Å². The molecular formula is C19H12O12. The summed E-state index contributed by atoms with van der Waals surface area (Å²) in [6.07, 6.45) is -0.772. The number of carboxylic acid groups (broad SMARTS) is 6. The quantitative estimate of drug-likeness (QED) is 0.349. The molecule has 0 radical (unpaired) electrons. The topological polar surface area (TPSA) is 224 Å². The van der Waals surface area contributed by atoms with E-state index in [1.165, 1.54) is 0 Å². The van der Waals surface area contributed by atoms with Gasteiger partial charge in [-0.15, -0.1) is 0 Å². The van der Waals surface area contributed by atoms with Gasteiger partial charge in [0.05, 0.1) is 33.4 Å². The third-order valence-corrected chi connectivity index (χ3v) is 4.20. The lowest BCUT2D eigenvalue weighted by Gasteiger charge is -2.14. The number of aromatic carboxylic acids is 6. The van der Waals surface area contributed by atoms with Crippen LogP contribution in [0.15, 0.2) is 24.3 Å². The molecule has 31 heavy (non-hydrogen) atoms. The molecule has 0 bridgehead atoms. The first kappa shape index (κ1) is 22.5. The summed E-state index contributed by atoms with van der Waals surface area (Å²) in [5.74, 6) is -10.3. The Morgan fingerprint density at radius 3 is 1.03 bits per heavy atom. The smallest absolute Gasteiger partial charge is 0.336 e. The van der Waals surface area contributed by atoms with Gasteiger partial charge in [0.1, 0.15) is 0 Å². The first-order valence-electron chi connectivity index (χ1n) is 8.08. The fourth-order valence-corrected chi connectivity index (χ4v) is 2.98. The molecule has 0 heterocycles. The summed E-state index contributed by atoms with van der Waals surface area (Å²) in [4.78, 5) is 68.9. The number of carbonyl (C=O) groups is 6. The van der Waals surface area contributed by atoms with Gasteiger partial charge in [0.2, 0.25) is 0 Å². The predicted molar refractivity (Wildman–Crippen MR) is 97.4 cm³/mol. The van der Waals surface area contributed by atoms with E-state index in [1.54, 1.807) is 0 Å². The van der Waals surface area contributed by atoms with Crippen LogP contribution in [0.5, 0.6) is 0 Å². The van der Waals surface area contributed by atoms with Crippen LogP contribution in [-0.4, -0.2) is 66.5 Å². The largest absolute Gasteiger partial charge is 0.478 e. The molecule has 2 aromatic carbocycles. The average Bonchev–Trinajstić information content (AvgIpc) is 2.65. The highest BCUT2D eigenvalue weighted by Crippen LogP contribution is 2.26. The molecule has 12 heteroatoms. The van der Waals surface area contributed by atoms with Crippen molar-refractivity contribution >= 4 is 35.8 Å². The Labute approximate surface area is 171 Å². The van der Waals surface area contributed by atoms with Gasteiger partial charge in [0.25, 0.3) is 0 Å². The van der Waals surface area contributed by atoms with E-state index in [0.29, 0.717) is 12.1 Å². The van der Waals surface area contributed by atoms with Crippen molar-refractivity contribution in [3.63, 3.8) is 0 Å². The molecule has 0 unspecified atom stereocenters. The highest BCUT2D eigenvalue weighted by Gasteiger charge is 2.27. The number of hydrogen-bond acceptors (Lipinski definition) is 6. The molecule has 0 fully saturated rings. The molecule has 2 rings (SSSR count). The van der Waals surface area contributed by atoms with Crippen molar-refractivity contribution in [3.8, 4) is 0 Å². The Morgan fingerprint density at radius 2 is 0.806 bits per heavy atom. The Kier molecular flexibility index (Phi) is 6.05. The number of rotatable bonds is 8. The maximum Gasteiger partial charge on any atom is 0.336 e. The van der Waals surface area contributed by atoms with E-state index in [4.69, 9.17) is 0 Å². The standard InChI is InChI=1S/C19H12O12/c20-14(21)8-2-6(12(18(28)29)10(4-8)16(24)25)1-7-3-9(15(22)23)5-11(17(26)27)13(7)19(30)31/h2-5H,1H2,(H,20,21)(H,22,23)(H,24,25)(H,26,27)(H,28,29)(H,30,31). The molecule has 0 saturated heterocycles. The summed E-state index contributed by atoms with van der Waals surface area (Å²) in [6.45, 7) is 0. The average molecular weight is 432 g/mol. The van der Waals surface area contributed by atoms with E-state index < -0.39 is 86.7 Å². The van der Waals surface area contributed by atoms with Crippen LogP contribution in [0.2, 0.25) is 0 Å². The minimum atomic E-state index is -1.77. The van der Waals surface area contributed by atoms with Gasteiger partial charge in [-0.25, -0.2) is 28.8 Å². The lowest BCUT2D eigenvalue weighted by molar-refractivity contribution is 0.0647. The van der Waals surface area contributed by atoms with Gasteiger partial charge in [-0.2, -0.15) is 0 Å². The Hall–Kier alpha value is -4.74. The van der Waals surface area contributed by atoms with E-state index in [0.717, 1.165) is 12.1 Å². The minimum absolute atomic E-state index is 0.467. The van der Waals surface area contributed by atoms with Gasteiger partial charge in [0.15, 0.2) is 0 Å². The van der Waals surface area contributed by atoms with Crippen LogP contribution < -0.4 is 0 Å². The molecule has 160 valence electrons. The van der Waals surface area contributed by atoms with Crippen molar-refractivity contribution < 1.29 is 59.4 Å². The molecule has 0 aliphatic heterocycles. The maximum atomic E-state index is 11.7. The van der Waals surface area contributed by atoms with Gasteiger partial charge in [-0.05, 0) is 41.8 Å². The Morgan fingerprint density at radius 1 is 0.484 bits per heavy atom. The Balaban J connectivity index is 2.92. The molecule has 12 nitrogen and oxygen atoms in total. The highest BCUT2D eigenvalue weighted by atomic mass is 16.4. The number of hydrogen-bond donors (Lipinski definition) is 6. The summed E-state index contributed by atoms with van der Waals surface area (Å²) < 4.78 is 0. The lowest BCUT2D eigenvalue weighted by atomic mass is 9.89. The SMILES string of the molecule is O=C(O)c1cc(Cc2cc(C(=O)O)cc(C(=O)O)c2C(=O)O)c(C(=O)O)c(C(=O)O)c1. The van der Waals surface area contributed by atoms with Crippen molar-refractivity contribution in [2.45, 2.75) is 6.42 Å². The van der Waals surface area contributed by atoms with Crippen LogP contribution >= 0.6 is 0 Å². The van der Waals surface area contributed by atoms with E-state index in [9.17, 15) is 59.4 Å². The fraction of sp³-hybridized carbons (Fsp3) is 0.0526. The molecular weight excluding hydrogens is 420 g/mol.